The first-order chi connectivity index (χ1) is 7.34. The summed E-state index contributed by atoms with van der Waals surface area (Å²) in [4.78, 5) is 13.6. The maximum Gasteiger partial charge on any atom is 0.159 e. The number of aromatic nitrogens is 3. The molecule has 15 heavy (non-hydrogen) atoms. The Bertz CT molecular complexity index is 490. The molecule has 0 aromatic carbocycles. The van der Waals surface area contributed by atoms with Crippen LogP contribution in [0.1, 0.15) is 36.6 Å². The molecule has 78 valence electrons. The molecule has 2 heterocycles. The van der Waals surface area contributed by atoms with Crippen molar-refractivity contribution in [2.45, 2.75) is 31.6 Å². The molecule has 0 bridgehead atoms. The molecule has 0 N–H and O–H groups in total. The highest BCUT2D eigenvalue weighted by Gasteiger charge is 2.21. The topological polar surface area (TPSA) is 38.7 Å². The lowest BCUT2D eigenvalue weighted by Crippen LogP contribution is -1.89. The Morgan fingerprint density at radius 1 is 1.27 bits per heavy atom. The number of thiazole rings is 1. The molecule has 1 saturated carbocycles. The van der Waals surface area contributed by atoms with Crippen LogP contribution >= 0.6 is 22.9 Å². The minimum Gasteiger partial charge on any atom is -0.236 e. The van der Waals surface area contributed by atoms with E-state index in [9.17, 15) is 0 Å². The molecule has 0 spiro atoms. The molecule has 2 aromatic rings. The molecule has 5 heteroatoms. The van der Waals surface area contributed by atoms with Gasteiger partial charge >= 0.3 is 0 Å². The molecule has 0 aliphatic heterocycles. The highest BCUT2D eigenvalue weighted by molar-refractivity contribution is 7.18. The molecule has 0 saturated heterocycles. The van der Waals surface area contributed by atoms with E-state index in [-0.39, 0.29) is 0 Å². The summed E-state index contributed by atoms with van der Waals surface area (Å²) in [5.41, 5.74) is 0.770. The van der Waals surface area contributed by atoms with Gasteiger partial charge in [-0.15, -0.1) is 0 Å². The Morgan fingerprint density at radius 3 is 2.80 bits per heavy atom. The largest absolute Gasteiger partial charge is 0.236 e. The van der Waals surface area contributed by atoms with Crippen molar-refractivity contribution in [3.63, 3.8) is 0 Å². The van der Waals surface area contributed by atoms with E-state index < -0.39 is 0 Å². The molecule has 3 nitrogen and oxygen atoms in total. The molecule has 2 aromatic heterocycles. The average Bonchev–Trinajstić information content (AvgIpc) is 2.86. The summed E-state index contributed by atoms with van der Waals surface area (Å²) >= 11 is 7.63. The van der Waals surface area contributed by atoms with E-state index in [1.807, 2.05) is 0 Å². The van der Waals surface area contributed by atoms with Crippen LogP contribution in [0.5, 0.6) is 0 Å². The van der Waals surface area contributed by atoms with Gasteiger partial charge in [-0.05, 0) is 12.8 Å². The van der Waals surface area contributed by atoms with Crippen molar-refractivity contribution in [1.82, 2.24) is 15.0 Å². The predicted octanol–water partition coefficient (Wildman–Crippen LogP) is 3.40. The van der Waals surface area contributed by atoms with Crippen LogP contribution in [0, 0.1) is 0 Å². The Labute approximate surface area is 96.5 Å². The molecule has 0 atom stereocenters. The highest BCUT2D eigenvalue weighted by atomic mass is 35.5. The minimum atomic E-state index is 0.473. The van der Waals surface area contributed by atoms with Crippen LogP contribution in [-0.2, 0) is 0 Å². The van der Waals surface area contributed by atoms with Crippen LogP contribution in [0.15, 0.2) is 6.33 Å². The summed E-state index contributed by atoms with van der Waals surface area (Å²) in [6.07, 6.45) is 6.65. The van der Waals surface area contributed by atoms with E-state index in [2.05, 4.69) is 15.0 Å². The van der Waals surface area contributed by atoms with Crippen molar-refractivity contribution in [3.8, 4) is 0 Å². The zero-order chi connectivity index (χ0) is 10.3. The van der Waals surface area contributed by atoms with E-state index >= 15 is 0 Å². The van der Waals surface area contributed by atoms with Gasteiger partial charge in [-0.3, -0.25) is 0 Å². The van der Waals surface area contributed by atoms with Gasteiger partial charge in [-0.1, -0.05) is 35.8 Å². The quantitative estimate of drug-likeness (QED) is 0.716. The third-order valence-electron chi connectivity index (χ3n) is 2.87. The first kappa shape index (κ1) is 9.48. The van der Waals surface area contributed by atoms with Crippen LogP contribution in [-0.4, -0.2) is 15.0 Å². The first-order valence-electron chi connectivity index (χ1n) is 5.11. The van der Waals surface area contributed by atoms with Crippen LogP contribution in [0.3, 0.4) is 0 Å². The molecule has 1 fully saturated rings. The number of halogens is 1. The fraction of sp³-hybridized carbons (Fsp3) is 0.500. The number of fused-ring (bicyclic) bond motifs is 1. The normalized spacial score (nSPS) is 17.7. The minimum absolute atomic E-state index is 0.473. The second kappa shape index (κ2) is 3.68. The van der Waals surface area contributed by atoms with Gasteiger partial charge in [0, 0.05) is 5.92 Å². The maximum atomic E-state index is 5.97. The van der Waals surface area contributed by atoms with Gasteiger partial charge in [-0.2, -0.15) is 0 Å². The Balaban J connectivity index is 2.09. The second-order valence-corrected chi connectivity index (χ2v) is 5.22. The molecule has 0 radical (unpaired) electrons. The van der Waals surface area contributed by atoms with Gasteiger partial charge < -0.3 is 0 Å². The fourth-order valence-electron chi connectivity index (χ4n) is 2.09. The zero-order valence-corrected chi connectivity index (χ0v) is 9.68. The van der Waals surface area contributed by atoms with Gasteiger partial charge in [0.15, 0.2) is 5.15 Å². The zero-order valence-electron chi connectivity index (χ0n) is 8.11. The number of rotatable bonds is 1. The summed E-state index contributed by atoms with van der Waals surface area (Å²) in [6.45, 7) is 0. The second-order valence-electron chi connectivity index (χ2n) is 3.85. The van der Waals surface area contributed by atoms with Crippen LogP contribution in [0.2, 0.25) is 5.15 Å². The summed E-state index contributed by atoms with van der Waals surface area (Å²) < 4.78 is 0. The van der Waals surface area contributed by atoms with Crippen LogP contribution < -0.4 is 0 Å². The van der Waals surface area contributed by atoms with Gasteiger partial charge in [0.1, 0.15) is 16.7 Å². The molecule has 3 rings (SSSR count). The molecule has 1 aliphatic carbocycles. The lowest BCUT2D eigenvalue weighted by atomic mass is 10.1. The van der Waals surface area contributed by atoms with Crippen molar-refractivity contribution in [2.24, 2.45) is 0 Å². The van der Waals surface area contributed by atoms with Crippen molar-refractivity contribution in [2.75, 3.05) is 0 Å². The van der Waals surface area contributed by atoms with Crippen LogP contribution in [0.25, 0.3) is 10.3 Å². The van der Waals surface area contributed by atoms with Crippen molar-refractivity contribution in [1.29, 1.82) is 0 Å². The standard InChI is InChI=1S/C10H10ClN3S/c11-8-7-10(13-5-12-8)15-9(14-7)6-3-1-2-4-6/h5-6H,1-4H2. The molecule has 1 aliphatic rings. The smallest absolute Gasteiger partial charge is 0.159 e. The predicted molar refractivity (Wildman–Crippen MR) is 61.4 cm³/mol. The lowest BCUT2D eigenvalue weighted by molar-refractivity contribution is 0.718. The summed E-state index contributed by atoms with van der Waals surface area (Å²) in [6, 6.07) is 0. The molecular formula is C10H10ClN3S. The van der Waals surface area contributed by atoms with Gasteiger partial charge in [0.05, 0.1) is 5.01 Å². The maximum absolute atomic E-state index is 5.97. The fourth-order valence-corrected chi connectivity index (χ4v) is 3.40. The SMILES string of the molecule is Clc1ncnc2sc(C3CCCC3)nc12. The summed E-state index contributed by atoms with van der Waals surface area (Å²) in [5.74, 6) is 0.625. The van der Waals surface area contributed by atoms with E-state index in [4.69, 9.17) is 11.6 Å². The molecule has 0 unspecified atom stereocenters. The Hall–Kier alpha value is -0.740. The van der Waals surface area contributed by atoms with E-state index in [1.165, 1.54) is 37.0 Å². The van der Waals surface area contributed by atoms with Gasteiger partial charge in [-0.25, -0.2) is 15.0 Å². The third-order valence-corrected chi connectivity index (χ3v) is 4.27. The number of hydrogen-bond donors (Lipinski definition) is 0. The van der Waals surface area contributed by atoms with E-state index in [0.717, 1.165) is 10.3 Å². The Morgan fingerprint density at radius 2 is 2.07 bits per heavy atom. The Kier molecular flexibility index (Phi) is 2.33. The van der Waals surface area contributed by atoms with E-state index in [0.29, 0.717) is 11.1 Å². The molecular weight excluding hydrogens is 230 g/mol. The summed E-state index contributed by atoms with van der Waals surface area (Å²) in [5, 5.41) is 1.66. The summed E-state index contributed by atoms with van der Waals surface area (Å²) in [7, 11) is 0. The van der Waals surface area contributed by atoms with Crippen molar-refractivity contribution in [3.05, 3.63) is 16.5 Å². The monoisotopic (exact) mass is 239 g/mol. The molecule has 0 amide bonds. The van der Waals surface area contributed by atoms with Gasteiger partial charge in [0.2, 0.25) is 0 Å². The van der Waals surface area contributed by atoms with Gasteiger partial charge in [0.25, 0.3) is 0 Å². The van der Waals surface area contributed by atoms with Crippen LogP contribution in [0.4, 0.5) is 0 Å². The number of nitrogens with zero attached hydrogens (tertiary/aromatic N) is 3. The lowest BCUT2D eigenvalue weighted by Gasteiger charge is -2.01. The van der Waals surface area contributed by atoms with Crippen molar-refractivity contribution >= 4 is 33.3 Å². The van der Waals surface area contributed by atoms with Crippen molar-refractivity contribution < 1.29 is 0 Å². The average molecular weight is 240 g/mol. The number of hydrogen-bond acceptors (Lipinski definition) is 4. The van der Waals surface area contributed by atoms with E-state index in [1.54, 1.807) is 11.3 Å². The first-order valence-corrected chi connectivity index (χ1v) is 6.31. The third kappa shape index (κ3) is 1.62. The highest BCUT2D eigenvalue weighted by Crippen LogP contribution is 2.38.